The van der Waals surface area contributed by atoms with Crippen LogP contribution in [-0.2, 0) is 16.0 Å². The van der Waals surface area contributed by atoms with Gasteiger partial charge in [-0.05, 0) is 45.2 Å². The lowest BCUT2D eigenvalue weighted by molar-refractivity contribution is -0.384. The summed E-state index contributed by atoms with van der Waals surface area (Å²) in [5.41, 5.74) is 0.167. The van der Waals surface area contributed by atoms with E-state index in [4.69, 9.17) is 4.74 Å². The summed E-state index contributed by atoms with van der Waals surface area (Å²) < 4.78 is 5.08. The van der Waals surface area contributed by atoms with Crippen molar-refractivity contribution in [2.75, 3.05) is 18.0 Å². The van der Waals surface area contributed by atoms with E-state index < -0.39 is 28.6 Å². The summed E-state index contributed by atoms with van der Waals surface area (Å²) in [5, 5.41) is 23.1. The molecule has 1 saturated heterocycles. The normalized spacial score (nSPS) is 15.3. The molecule has 27 heavy (non-hydrogen) atoms. The number of hydrogen-bond donors (Lipinski definition) is 2. The van der Waals surface area contributed by atoms with Gasteiger partial charge in [0.2, 0.25) is 0 Å². The predicted molar refractivity (Wildman–Crippen MR) is 99.0 cm³/mol. The average Bonchev–Trinajstić information content (AvgIpc) is 3.06. The van der Waals surface area contributed by atoms with Crippen molar-refractivity contribution in [3.8, 4) is 0 Å². The van der Waals surface area contributed by atoms with Crippen LogP contribution in [0.3, 0.4) is 0 Å². The van der Waals surface area contributed by atoms with Gasteiger partial charge in [-0.25, -0.2) is 9.59 Å². The Kier molecular flexibility index (Phi) is 6.24. The van der Waals surface area contributed by atoms with Crippen molar-refractivity contribution in [1.29, 1.82) is 0 Å². The van der Waals surface area contributed by atoms with Crippen LogP contribution in [-0.4, -0.2) is 46.8 Å². The Hall–Kier alpha value is -2.84. The van der Waals surface area contributed by atoms with Gasteiger partial charge in [-0.1, -0.05) is 6.07 Å². The molecule has 2 N–H and O–H groups in total. The maximum atomic E-state index is 11.9. The molecule has 2 rings (SSSR count). The van der Waals surface area contributed by atoms with Gasteiger partial charge in [-0.2, -0.15) is 0 Å². The number of benzene rings is 1. The first-order chi connectivity index (χ1) is 12.6. The molecule has 0 saturated carbocycles. The molecule has 1 amide bonds. The summed E-state index contributed by atoms with van der Waals surface area (Å²) in [6.45, 7) is 6.53. The number of hydrogen-bond acceptors (Lipinski definition) is 6. The number of aliphatic carboxylic acids is 1. The smallest absolute Gasteiger partial charge is 0.408 e. The third-order valence-corrected chi connectivity index (χ3v) is 4.11. The van der Waals surface area contributed by atoms with Crippen LogP contribution < -0.4 is 10.2 Å². The van der Waals surface area contributed by atoms with Crippen LogP contribution in [0.15, 0.2) is 18.2 Å². The second-order valence-electron chi connectivity index (χ2n) is 7.52. The Bertz CT molecular complexity index is 722. The fourth-order valence-electron chi connectivity index (χ4n) is 2.95. The molecular weight excluding hydrogens is 354 g/mol. The molecule has 9 heteroatoms. The van der Waals surface area contributed by atoms with Gasteiger partial charge < -0.3 is 20.1 Å². The van der Waals surface area contributed by atoms with Crippen molar-refractivity contribution in [2.45, 2.75) is 51.7 Å². The maximum absolute atomic E-state index is 11.9. The van der Waals surface area contributed by atoms with E-state index in [2.05, 4.69) is 5.32 Å². The molecule has 9 nitrogen and oxygen atoms in total. The molecule has 0 radical (unpaired) electrons. The van der Waals surface area contributed by atoms with Crippen LogP contribution in [0.5, 0.6) is 0 Å². The zero-order valence-corrected chi connectivity index (χ0v) is 15.7. The van der Waals surface area contributed by atoms with Crippen LogP contribution in [0, 0.1) is 10.1 Å². The minimum Gasteiger partial charge on any atom is -0.480 e. The third kappa shape index (κ3) is 5.83. The molecule has 0 bridgehead atoms. The van der Waals surface area contributed by atoms with E-state index in [9.17, 15) is 24.8 Å². The maximum Gasteiger partial charge on any atom is 0.408 e. The number of carbonyl (C=O) groups excluding carboxylic acids is 1. The first kappa shape index (κ1) is 20.5. The highest BCUT2D eigenvalue weighted by Crippen LogP contribution is 2.32. The molecule has 0 aromatic heterocycles. The molecule has 1 aliphatic heterocycles. The Morgan fingerprint density at radius 3 is 2.48 bits per heavy atom. The molecule has 1 aliphatic rings. The minimum atomic E-state index is -1.25. The van der Waals surface area contributed by atoms with Crippen LogP contribution in [0.4, 0.5) is 16.2 Å². The van der Waals surface area contributed by atoms with E-state index in [1.807, 2.05) is 4.90 Å². The van der Waals surface area contributed by atoms with Crippen LogP contribution in [0.1, 0.15) is 39.2 Å². The lowest BCUT2D eigenvalue weighted by atomic mass is 10.0. The van der Waals surface area contributed by atoms with Crippen molar-refractivity contribution in [3.63, 3.8) is 0 Å². The summed E-state index contributed by atoms with van der Waals surface area (Å²) in [7, 11) is 0. The van der Waals surface area contributed by atoms with Crippen molar-refractivity contribution in [3.05, 3.63) is 33.9 Å². The second-order valence-corrected chi connectivity index (χ2v) is 7.52. The zero-order chi connectivity index (χ0) is 20.2. The van der Waals surface area contributed by atoms with Gasteiger partial charge in [0, 0.05) is 25.6 Å². The predicted octanol–water partition coefficient (Wildman–Crippen LogP) is 2.72. The van der Waals surface area contributed by atoms with Gasteiger partial charge in [0.05, 0.1) is 4.92 Å². The Morgan fingerprint density at radius 2 is 1.96 bits per heavy atom. The van der Waals surface area contributed by atoms with E-state index in [0.29, 0.717) is 11.3 Å². The molecule has 1 atom stereocenters. The van der Waals surface area contributed by atoms with Gasteiger partial charge in [0.25, 0.3) is 5.69 Å². The summed E-state index contributed by atoms with van der Waals surface area (Å²) in [5.74, 6) is -1.24. The van der Waals surface area contributed by atoms with Gasteiger partial charge >= 0.3 is 12.1 Å². The van der Waals surface area contributed by atoms with Crippen LogP contribution in [0.25, 0.3) is 0 Å². The SMILES string of the molecule is CC(C)(C)OC(=O)NC(Cc1ccc(N2CCCC2)c([N+](=O)[O-])c1)C(=O)O. The van der Waals surface area contributed by atoms with Gasteiger partial charge in [-0.3, -0.25) is 10.1 Å². The second kappa shape index (κ2) is 8.24. The number of nitrogens with zero attached hydrogens (tertiary/aromatic N) is 2. The molecule has 148 valence electrons. The number of carboxylic acid groups (broad SMARTS) is 1. The highest BCUT2D eigenvalue weighted by Gasteiger charge is 2.27. The molecule has 1 heterocycles. The molecular formula is C18H25N3O6. The van der Waals surface area contributed by atoms with E-state index in [-0.39, 0.29) is 12.1 Å². The lowest BCUT2D eigenvalue weighted by Crippen LogP contribution is -2.44. The van der Waals surface area contributed by atoms with Gasteiger partial charge in [0.15, 0.2) is 0 Å². The number of rotatable bonds is 6. The minimum absolute atomic E-state index is 0.0594. The zero-order valence-electron chi connectivity index (χ0n) is 15.7. The number of ether oxygens (including phenoxy) is 1. The lowest BCUT2D eigenvalue weighted by Gasteiger charge is -2.22. The quantitative estimate of drug-likeness (QED) is 0.575. The fraction of sp³-hybridized carbons (Fsp3) is 0.556. The first-order valence-electron chi connectivity index (χ1n) is 8.81. The summed E-state index contributed by atoms with van der Waals surface area (Å²) in [4.78, 5) is 36.3. The third-order valence-electron chi connectivity index (χ3n) is 4.11. The molecule has 1 fully saturated rings. The fourth-order valence-corrected chi connectivity index (χ4v) is 2.95. The van der Waals surface area contributed by atoms with Crippen molar-refractivity contribution in [1.82, 2.24) is 5.32 Å². The van der Waals surface area contributed by atoms with Crippen LogP contribution in [0.2, 0.25) is 0 Å². The van der Waals surface area contributed by atoms with E-state index in [1.54, 1.807) is 32.9 Å². The molecule has 1 aromatic rings. The standard InChI is InChI=1S/C18H25N3O6/c1-18(2,3)27-17(24)19-13(16(22)23)10-12-6-7-14(15(11-12)21(25)26)20-8-4-5-9-20/h6-7,11,13H,4-5,8-10H2,1-3H3,(H,19,24)(H,22,23). The van der Waals surface area contributed by atoms with Gasteiger partial charge in [0.1, 0.15) is 17.3 Å². The summed E-state index contributed by atoms with van der Waals surface area (Å²) >= 11 is 0. The number of alkyl carbamates (subject to hydrolysis) is 1. The molecule has 1 unspecified atom stereocenters. The molecule has 0 spiro atoms. The van der Waals surface area contributed by atoms with E-state index in [0.717, 1.165) is 25.9 Å². The number of nitro benzene ring substituents is 1. The number of nitro groups is 1. The number of nitrogens with one attached hydrogen (secondary N) is 1. The van der Waals surface area contributed by atoms with Crippen molar-refractivity contribution < 1.29 is 24.4 Å². The first-order valence-corrected chi connectivity index (χ1v) is 8.81. The molecule has 1 aromatic carbocycles. The Morgan fingerprint density at radius 1 is 1.33 bits per heavy atom. The average molecular weight is 379 g/mol. The van der Waals surface area contributed by atoms with Crippen molar-refractivity contribution >= 4 is 23.4 Å². The van der Waals surface area contributed by atoms with E-state index >= 15 is 0 Å². The Balaban J connectivity index is 2.17. The number of amides is 1. The monoisotopic (exact) mass is 379 g/mol. The van der Waals surface area contributed by atoms with Crippen LogP contribution >= 0.6 is 0 Å². The van der Waals surface area contributed by atoms with E-state index in [1.165, 1.54) is 6.07 Å². The van der Waals surface area contributed by atoms with Gasteiger partial charge in [-0.15, -0.1) is 0 Å². The highest BCUT2D eigenvalue weighted by atomic mass is 16.6. The van der Waals surface area contributed by atoms with Crippen molar-refractivity contribution in [2.24, 2.45) is 0 Å². The molecule has 0 aliphatic carbocycles. The summed E-state index contributed by atoms with van der Waals surface area (Å²) in [6.07, 6.45) is 1.04. The topological polar surface area (TPSA) is 122 Å². The number of carbonyl (C=O) groups is 2. The number of anilines is 1. The largest absolute Gasteiger partial charge is 0.480 e. The Labute approximate surface area is 157 Å². The summed E-state index contributed by atoms with van der Waals surface area (Å²) in [6, 6.07) is 3.43. The number of carboxylic acids is 1. The highest BCUT2D eigenvalue weighted by molar-refractivity contribution is 5.80.